The largest absolute Gasteiger partial charge is 0.456 e. The lowest BCUT2D eigenvalue weighted by molar-refractivity contribution is -0.384. The molecule has 4 heterocycles. The summed E-state index contributed by atoms with van der Waals surface area (Å²) in [5.74, 6) is -1.57. The number of aromatic nitrogens is 2. The summed E-state index contributed by atoms with van der Waals surface area (Å²) in [4.78, 5) is 44.5. The molecule has 1 N–H and O–H groups in total. The van der Waals surface area contributed by atoms with Gasteiger partial charge in [0.2, 0.25) is 5.91 Å². The number of aliphatic hydroxyl groups is 1. The van der Waals surface area contributed by atoms with E-state index in [4.69, 9.17) is 4.74 Å². The Bertz CT molecular complexity index is 1610. The number of thiazole rings is 1. The smallest absolute Gasteiger partial charge is 0.355 e. The first kappa shape index (κ1) is 24.0. The van der Waals surface area contributed by atoms with Crippen LogP contribution in [0.5, 0.6) is 0 Å². The zero-order chi connectivity index (χ0) is 26.6. The van der Waals surface area contributed by atoms with E-state index in [0.717, 1.165) is 21.0 Å². The minimum atomic E-state index is -0.850. The number of amides is 1. The third-order valence-corrected chi connectivity index (χ3v) is 8.18. The van der Waals surface area contributed by atoms with E-state index in [1.807, 2.05) is 34.7 Å². The summed E-state index contributed by atoms with van der Waals surface area (Å²) in [6.07, 6.45) is 3.03. The standard InChI is InChI=1S/C27H22N4O6S/c1-15(32)22-20-11-19(25-23(17-5-3-2-4-6-17)29-14-28-12-21(29)38-25)24(30(20)26(22)33)27(34)37-13-16-7-9-18(10-8-16)31(35)36/h2-10,12,14-15,20,22,32H,11,13H2,1H3/t15-,20-,22-/m1/s1. The predicted molar refractivity (Wildman–Crippen MR) is 139 cm³/mol. The van der Waals surface area contributed by atoms with E-state index in [2.05, 4.69) is 4.98 Å². The van der Waals surface area contributed by atoms with Gasteiger partial charge in [-0.25, -0.2) is 9.78 Å². The summed E-state index contributed by atoms with van der Waals surface area (Å²) >= 11 is 1.48. The fourth-order valence-corrected chi connectivity index (χ4v) is 6.43. The molecule has 4 aromatic rings. The van der Waals surface area contributed by atoms with Crippen molar-refractivity contribution in [2.45, 2.75) is 32.1 Å². The van der Waals surface area contributed by atoms with E-state index < -0.39 is 22.9 Å². The van der Waals surface area contributed by atoms with Gasteiger partial charge in [0.25, 0.3) is 5.69 Å². The molecule has 2 aliphatic heterocycles. The number of aliphatic hydroxyl groups excluding tert-OH is 1. The lowest BCUT2D eigenvalue weighted by Gasteiger charge is -2.44. The van der Waals surface area contributed by atoms with Crippen LogP contribution in [0.1, 0.15) is 23.8 Å². The highest BCUT2D eigenvalue weighted by Crippen LogP contribution is 2.50. The average molecular weight is 531 g/mol. The fraction of sp³-hybridized carbons (Fsp3) is 0.222. The molecule has 2 aromatic carbocycles. The summed E-state index contributed by atoms with van der Waals surface area (Å²) in [6.45, 7) is 1.47. The molecular formula is C27H22N4O6S. The van der Waals surface area contributed by atoms with E-state index in [9.17, 15) is 24.8 Å². The van der Waals surface area contributed by atoms with Crippen LogP contribution in [0.2, 0.25) is 0 Å². The van der Waals surface area contributed by atoms with Crippen LogP contribution in [-0.2, 0) is 20.9 Å². The third kappa shape index (κ3) is 3.78. The number of carbonyl (C=O) groups excluding carboxylic acids is 2. The first-order valence-electron chi connectivity index (χ1n) is 12.0. The van der Waals surface area contributed by atoms with Crippen LogP contribution in [0.3, 0.4) is 0 Å². The molecule has 3 atom stereocenters. The Morgan fingerprint density at radius 3 is 2.66 bits per heavy atom. The highest BCUT2D eigenvalue weighted by Gasteiger charge is 2.57. The van der Waals surface area contributed by atoms with Crippen LogP contribution in [0.15, 0.2) is 72.8 Å². The predicted octanol–water partition coefficient (Wildman–Crippen LogP) is 4.04. The van der Waals surface area contributed by atoms with Gasteiger partial charge in [-0.05, 0) is 31.0 Å². The van der Waals surface area contributed by atoms with Gasteiger partial charge < -0.3 is 14.7 Å². The number of esters is 1. The summed E-state index contributed by atoms with van der Waals surface area (Å²) in [5.41, 5.74) is 3.18. The van der Waals surface area contributed by atoms with Crippen molar-refractivity contribution >= 4 is 39.3 Å². The van der Waals surface area contributed by atoms with E-state index in [1.54, 1.807) is 19.4 Å². The molecule has 0 radical (unpaired) electrons. The van der Waals surface area contributed by atoms with Crippen molar-refractivity contribution in [1.29, 1.82) is 0 Å². The number of rotatable bonds is 7. The number of hydrogen-bond acceptors (Lipinski definition) is 8. The molecule has 0 spiro atoms. The number of benzene rings is 2. The lowest BCUT2D eigenvalue weighted by atomic mass is 9.83. The van der Waals surface area contributed by atoms with Gasteiger partial charge in [-0.2, -0.15) is 0 Å². The zero-order valence-electron chi connectivity index (χ0n) is 20.2. The van der Waals surface area contributed by atoms with Crippen LogP contribution in [0.4, 0.5) is 5.69 Å². The van der Waals surface area contributed by atoms with Crippen molar-refractivity contribution in [3.8, 4) is 11.3 Å². The number of hydrogen-bond donors (Lipinski definition) is 1. The van der Waals surface area contributed by atoms with Crippen molar-refractivity contribution in [3.63, 3.8) is 0 Å². The molecule has 10 nitrogen and oxygen atoms in total. The third-order valence-electron chi connectivity index (χ3n) is 7.03. The monoisotopic (exact) mass is 530 g/mol. The molecule has 2 aliphatic rings. The first-order valence-corrected chi connectivity index (χ1v) is 12.8. The van der Waals surface area contributed by atoms with Crippen molar-refractivity contribution < 1.29 is 24.4 Å². The molecule has 0 saturated carbocycles. The number of non-ortho nitro benzene ring substituents is 1. The van der Waals surface area contributed by atoms with Crippen LogP contribution in [-0.4, -0.2) is 48.3 Å². The molecule has 1 saturated heterocycles. The number of imidazole rings is 1. The van der Waals surface area contributed by atoms with Crippen LogP contribution in [0.25, 0.3) is 21.7 Å². The average Bonchev–Trinajstić information content (AvgIpc) is 3.59. The fourth-order valence-electron chi connectivity index (χ4n) is 5.25. The Kier molecular flexibility index (Phi) is 5.81. The molecule has 1 amide bonds. The Morgan fingerprint density at radius 2 is 1.97 bits per heavy atom. The quantitative estimate of drug-likeness (QED) is 0.165. The summed E-state index contributed by atoms with van der Waals surface area (Å²) in [5, 5.41) is 21.2. The van der Waals surface area contributed by atoms with Crippen molar-refractivity contribution in [2.24, 2.45) is 5.92 Å². The summed E-state index contributed by atoms with van der Waals surface area (Å²) < 4.78 is 7.59. The van der Waals surface area contributed by atoms with Gasteiger partial charge in [0, 0.05) is 23.3 Å². The maximum Gasteiger partial charge on any atom is 0.355 e. The van der Waals surface area contributed by atoms with Crippen molar-refractivity contribution in [1.82, 2.24) is 14.3 Å². The van der Waals surface area contributed by atoms with Gasteiger partial charge in [0.1, 0.15) is 23.5 Å². The van der Waals surface area contributed by atoms with E-state index in [1.165, 1.54) is 40.5 Å². The molecule has 0 unspecified atom stereocenters. The topological polar surface area (TPSA) is 127 Å². The van der Waals surface area contributed by atoms with Gasteiger partial charge in [0.05, 0.1) is 39.8 Å². The maximum atomic E-state index is 13.5. The van der Waals surface area contributed by atoms with Crippen LogP contribution in [0, 0.1) is 16.0 Å². The molecular weight excluding hydrogens is 508 g/mol. The molecule has 192 valence electrons. The van der Waals surface area contributed by atoms with Crippen LogP contribution < -0.4 is 0 Å². The van der Waals surface area contributed by atoms with E-state index in [0.29, 0.717) is 17.6 Å². The minimum absolute atomic E-state index is 0.0592. The molecule has 2 aromatic heterocycles. The van der Waals surface area contributed by atoms with Gasteiger partial charge in [-0.15, -0.1) is 11.3 Å². The molecule has 38 heavy (non-hydrogen) atoms. The molecule has 6 rings (SSSR count). The second-order valence-corrected chi connectivity index (χ2v) is 10.4. The second-order valence-electron chi connectivity index (χ2n) is 9.32. The number of nitrogens with zero attached hydrogens (tertiary/aromatic N) is 4. The Balaban J connectivity index is 1.41. The SMILES string of the molecule is C[C@@H](O)[C@H]1C(=O)N2C(C(=O)OCc3ccc([N+](=O)[O-])cc3)=C(c3sc4cncn4c3-c3ccccc3)C[C@H]12. The second kappa shape index (κ2) is 9.19. The Labute approximate surface area is 220 Å². The number of ether oxygens (including phenoxy) is 1. The lowest BCUT2D eigenvalue weighted by Crippen LogP contribution is -2.61. The Hall–Kier alpha value is -4.35. The number of nitro groups is 1. The number of β-lactam (4-membered cyclic amide) rings is 1. The first-order chi connectivity index (χ1) is 18.3. The highest BCUT2D eigenvalue weighted by atomic mass is 32.1. The van der Waals surface area contributed by atoms with Crippen molar-refractivity contribution in [3.05, 3.63) is 93.4 Å². The summed E-state index contributed by atoms with van der Waals surface area (Å²) in [7, 11) is 0. The molecule has 11 heteroatoms. The number of fused-ring (bicyclic) bond motifs is 2. The van der Waals surface area contributed by atoms with Gasteiger partial charge >= 0.3 is 5.97 Å². The Morgan fingerprint density at radius 1 is 1.24 bits per heavy atom. The molecule has 1 fully saturated rings. The summed E-state index contributed by atoms with van der Waals surface area (Å²) in [6, 6.07) is 15.2. The number of carbonyl (C=O) groups is 2. The molecule has 0 bridgehead atoms. The molecule has 0 aliphatic carbocycles. The van der Waals surface area contributed by atoms with Gasteiger partial charge in [0.15, 0.2) is 0 Å². The number of nitro benzene ring substituents is 1. The highest BCUT2D eigenvalue weighted by molar-refractivity contribution is 7.19. The normalized spacial score (nSPS) is 19.4. The van der Waals surface area contributed by atoms with Crippen molar-refractivity contribution in [2.75, 3.05) is 0 Å². The maximum absolute atomic E-state index is 13.5. The van der Waals surface area contributed by atoms with Crippen LogP contribution >= 0.6 is 11.3 Å². The zero-order valence-corrected chi connectivity index (χ0v) is 21.0. The van der Waals surface area contributed by atoms with E-state index in [-0.39, 0.29) is 29.9 Å². The minimum Gasteiger partial charge on any atom is -0.456 e. The van der Waals surface area contributed by atoms with Gasteiger partial charge in [-0.3, -0.25) is 19.3 Å². The van der Waals surface area contributed by atoms with Gasteiger partial charge in [-0.1, -0.05) is 30.3 Å². The van der Waals surface area contributed by atoms with E-state index >= 15 is 0 Å².